The predicted molar refractivity (Wildman–Crippen MR) is 100 cm³/mol. The maximum Gasteiger partial charge on any atom is 0.286 e. The lowest BCUT2D eigenvalue weighted by molar-refractivity contribution is -0.119. The number of hydrogen-bond donors (Lipinski definition) is 2. The summed E-state index contributed by atoms with van der Waals surface area (Å²) in [6.45, 7) is 0.419. The third-order valence-corrected chi connectivity index (χ3v) is 5.26. The van der Waals surface area contributed by atoms with E-state index in [9.17, 15) is 9.59 Å². The molecule has 1 unspecified atom stereocenters. The molecule has 2 N–H and O–H groups in total. The number of amides is 2. The van der Waals surface area contributed by atoms with E-state index in [0.29, 0.717) is 19.4 Å². The molecule has 1 fully saturated rings. The number of ether oxygens (including phenoxy) is 1. The monoisotopic (exact) mass is 367 g/mol. The van der Waals surface area contributed by atoms with Crippen LogP contribution >= 0.6 is 11.8 Å². The van der Waals surface area contributed by atoms with E-state index in [-0.39, 0.29) is 16.4 Å². The van der Waals surface area contributed by atoms with Crippen LogP contribution in [-0.4, -0.2) is 26.4 Å². The first-order valence-corrected chi connectivity index (χ1v) is 9.21. The Labute approximate surface area is 154 Å². The van der Waals surface area contributed by atoms with Crippen LogP contribution in [0.5, 0.6) is 5.75 Å². The molecule has 2 aromatic heterocycles. The number of fused-ring (bicyclic) bond motifs is 1. The Hall–Kier alpha value is -2.80. The van der Waals surface area contributed by atoms with Gasteiger partial charge in [0.2, 0.25) is 5.91 Å². The largest absolute Gasteiger partial charge is 0.487 e. The molecule has 26 heavy (non-hydrogen) atoms. The SMILES string of the molecule is O=C1NC(=O)C(CCc2cc3ccc(OCc4ccccn4)cc3[nH]2)S1. The molecular formula is C19H17N3O3S. The van der Waals surface area contributed by atoms with Gasteiger partial charge in [-0.05, 0) is 48.6 Å². The number of nitrogens with one attached hydrogen (secondary N) is 2. The van der Waals surface area contributed by atoms with Crippen LogP contribution in [0.2, 0.25) is 0 Å². The number of imide groups is 1. The smallest absolute Gasteiger partial charge is 0.286 e. The van der Waals surface area contributed by atoms with E-state index in [1.807, 2.05) is 36.4 Å². The average molecular weight is 367 g/mol. The molecule has 0 aliphatic carbocycles. The van der Waals surface area contributed by atoms with Crippen LogP contribution in [0.4, 0.5) is 4.79 Å². The molecule has 0 spiro atoms. The average Bonchev–Trinajstić information content (AvgIpc) is 3.20. The summed E-state index contributed by atoms with van der Waals surface area (Å²) in [5, 5.41) is 2.85. The van der Waals surface area contributed by atoms with Crippen molar-refractivity contribution in [2.45, 2.75) is 24.7 Å². The number of carbonyl (C=O) groups excluding carboxylic acids is 2. The quantitative estimate of drug-likeness (QED) is 0.697. The Morgan fingerprint density at radius 3 is 2.85 bits per heavy atom. The second-order valence-corrected chi connectivity index (χ2v) is 7.25. The fourth-order valence-electron chi connectivity index (χ4n) is 2.90. The van der Waals surface area contributed by atoms with Gasteiger partial charge in [-0.15, -0.1) is 0 Å². The fourth-order valence-corrected chi connectivity index (χ4v) is 3.72. The molecule has 6 nitrogen and oxygen atoms in total. The Morgan fingerprint density at radius 1 is 1.15 bits per heavy atom. The van der Waals surface area contributed by atoms with Crippen LogP contribution in [0.25, 0.3) is 10.9 Å². The van der Waals surface area contributed by atoms with Crippen LogP contribution in [0.1, 0.15) is 17.8 Å². The van der Waals surface area contributed by atoms with Gasteiger partial charge in [0, 0.05) is 23.5 Å². The van der Waals surface area contributed by atoms with Crippen LogP contribution in [0, 0.1) is 0 Å². The molecule has 1 saturated heterocycles. The molecule has 0 radical (unpaired) electrons. The van der Waals surface area contributed by atoms with Gasteiger partial charge in [-0.3, -0.25) is 19.9 Å². The van der Waals surface area contributed by atoms with Crippen LogP contribution in [0.15, 0.2) is 48.7 Å². The molecule has 1 aliphatic rings. The van der Waals surface area contributed by atoms with E-state index in [0.717, 1.165) is 39.8 Å². The zero-order valence-corrected chi connectivity index (χ0v) is 14.7. The minimum absolute atomic E-state index is 0.193. The molecule has 4 rings (SSSR count). The van der Waals surface area contributed by atoms with Gasteiger partial charge in [0.05, 0.1) is 10.9 Å². The van der Waals surface area contributed by atoms with Crippen molar-refractivity contribution in [1.82, 2.24) is 15.3 Å². The van der Waals surface area contributed by atoms with E-state index >= 15 is 0 Å². The standard InChI is InChI=1S/C19H17N3O3S/c23-18-17(26-19(24)22-18)7-5-13-9-12-4-6-15(10-16(12)21-13)25-11-14-3-1-2-8-20-14/h1-4,6,8-10,17,21H,5,7,11H2,(H,22,23,24). The van der Waals surface area contributed by atoms with E-state index < -0.39 is 0 Å². The summed E-state index contributed by atoms with van der Waals surface area (Å²) >= 11 is 1.07. The first-order chi connectivity index (χ1) is 12.7. The van der Waals surface area contributed by atoms with Gasteiger partial charge < -0.3 is 9.72 Å². The number of carbonyl (C=O) groups is 2. The number of H-pyrrole nitrogens is 1. The molecule has 0 saturated carbocycles. The third-order valence-electron chi connectivity index (χ3n) is 4.21. The lowest BCUT2D eigenvalue weighted by Gasteiger charge is -2.05. The van der Waals surface area contributed by atoms with Gasteiger partial charge in [0.25, 0.3) is 5.24 Å². The second kappa shape index (κ2) is 7.21. The lowest BCUT2D eigenvalue weighted by Crippen LogP contribution is -2.24. The number of aromatic nitrogens is 2. The highest BCUT2D eigenvalue weighted by Gasteiger charge is 2.31. The Bertz CT molecular complexity index is 955. The number of aromatic amines is 1. The minimum Gasteiger partial charge on any atom is -0.487 e. The molecule has 7 heteroatoms. The van der Waals surface area contributed by atoms with E-state index in [1.165, 1.54) is 0 Å². The Balaban J connectivity index is 1.40. The summed E-state index contributed by atoms with van der Waals surface area (Å²) in [5.74, 6) is 0.578. The van der Waals surface area contributed by atoms with Gasteiger partial charge in [0.1, 0.15) is 12.4 Å². The van der Waals surface area contributed by atoms with Crippen molar-refractivity contribution in [2.75, 3.05) is 0 Å². The van der Waals surface area contributed by atoms with Gasteiger partial charge in [-0.1, -0.05) is 17.8 Å². The number of rotatable bonds is 6. The van der Waals surface area contributed by atoms with Crippen LogP contribution in [-0.2, 0) is 17.8 Å². The van der Waals surface area contributed by atoms with E-state index in [4.69, 9.17) is 4.74 Å². The number of benzene rings is 1. The molecule has 3 aromatic rings. The Morgan fingerprint density at radius 2 is 2.08 bits per heavy atom. The summed E-state index contributed by atoms with van der Waals surface area (Å²) in [5.41, 5.74) is 2.90. The predicted octanol–water partition coefficient (Wildman–Crippen LogP) is 3.43. The van der Waals surface area contributed by atoms with Crippen molar-refractivity contribution < 1.29 is 14.3 Å². The summed E-state index contributed by atoms with van der Waals surface area (Å²) in [4.78, 5) is 30.5. The highest BCUT2D eigenvalue weighted by Crippen LogP contribution is 2.26. The summed E-state index contributed by atoms with van der Waals surface area (Å²) in [7, 11) is 0. The molecule has 2 amide bonds. The zero-order valence-electron chi connectivity index (χ0n) is 13.9. The number of nitrogens with zero attached hydrogens (tertiary/aromatic N) is 1. The first-order valence-electron chi connectivity index (χ1n) is 8.33. The van der Waals surface area contributed by atoms with Gasteiger partial charge >= 0.3 is 0 Å². The van der Waals surface area contributed by atoms with Crippen molar-refractivity contribution >= 4 is 33.8 Å². The summed E-state index contributed by atoms with van der Waals surface area (Å²) < 4.78 is 5.80. The van der Waals surface area contributed by atoms with Gasteiger partial charge in [-0.2, -0.15) is 0 Å². The van der Waals surface area contributed by atoms with Crippen molar-refractivity contribution in [2.24, 2.45) is 0 Å². The molecule has 0 bridgehead atoms. The van der Waals surface area contributed by atoms with Crippen molar-refractivity contribution in [3.05, 3.63) is 60.0 Å². The van der Waals surface area contributed by atoms with E-state index in [1.54, 1.807) is 6.20 Å². The normalized spacial score (nSPS) is 16.8. The van der Waals surface area contributed by atoms with Crippen molar-refractivity contribution in [3.63, 3.8) is 0 Å². The van der Waals surface area contributed by atoms with Crippen molar-refractivity contribution in [1.29, 1.82) is 0 Å². The highest BCUT2D eigenvalue weighted by atomic mass is 32.2. The summed E-state index contributed by atoms with van der Waals surface area (Å²) in [6.07, 6.45) is 3.07. The van der Waals surface area contributed by atoms with Gasteiger partial charge in [-0.25, -0.2) is 0 Å². The summed E-state index contributed by atoms with van der Waals surface area (Å²) in [6, 6.07) is 13.7. The molecule has 3 heterocycles. The molecule has 1 atom stereocenters. The fraction of sp³-hybridized carbons (Fsp3) is 0.211. The Kier molecular flexibility index (Phi) is 4.62. The van der Waals surface area contributed by atoms with Gasteiger partial charge in [0.15, 0.2) is 0 Å². The zero-order chi connectivity index (χ0) is 17.9. The first kappa shape index (κ1) is 16.7. The maximum absolute atomic E-state index is 11.6. The molecular weight excluding hydrogens is 350 g/mol. The number of thioether (sulfide) groups is 1. The number of pyridine rings is 1. The molecule has 132 valence electrons. The van der Waals surface area contributed by atoms with Crippen LogP contribution < -0.4 is 10.1 Å². The molecule has 1 aromatic carbocycles. The number of aryl methyl sites for hydroxylation is 1. The lowest BCUT2D eigenvalue weighted by atomic mass is 10.1. The van der Waals surface area contributed by atoms with Crippen LogP contribution in [0.3, 0.4) is 0 Å². The minimum atomic E-state index is -0.300. The second-order valence-electron chi connectivity index (χ2n) is 6.08. The van der Waals surface area contributed by atoms with E-state index in [2.05, 4.69) is 21.4 Å². The maximum atomic E-state index is 11.6. The third kappa shape index (κ3) is 3.72. The molecule has 1 aliphatic heterocycles. The number of hydrogen-bond acceptors (Lipinski definition) is 5. The topological polar surface area (TPSA) is 84.1 Å². The van der Waals surface area contributed by atoms with Crippen molar-refractivity contribution in [3.8, 4) is 5.75 Å². The highest BCUT2D eigenvalue weighted by molar-refractivity contribution is 8.15.